The molecule has 21 heavy (non-hydrogen) atoms. The SMILES string of the molecule is O=C(c1ccc(N2CCCC2=O)cc1)c1ccnc(Cl)n1. The summed E-state index contributed by atoms with van der Waals surface area (Å²) in [6.07, 6.45) is 2.90. The van der Waals surface area contributed by atoms with Gasteiger partial charge in [-0.15, -0.1) is 0 Å². The molecule has 0 atom stereocenters. The number of aromatic nitrogens is 2. The van der Waals surface area contributed by atoms with Gasteiger partial charge in [-0.1, -0.05) is 0 Å². The third kappa shape index (κ3) is 2.78. The van der Waals surface area contributed by atoms with Crippen molar-refractivity contribution in [3.63, 3.8) is 0 Å². The third-order valence-corrected chi connectivity index (χ3v) is 3.56. The fourth-order valence-corrected chi connectivity index (χ4v) is 2.47. The number of hydrogen-bond acceptors (Lipinski definition) is 4. The first-order valence-corrected chi connectivity index (χ1v) is 6.96. The zero-order chi connectivity index (χ0) is 14.8. The van der Waals surface area contributed by atoms with Crippen LogP contribution in [0.3, 0.4) is 0 Å². The summed E-state index contributed by atoms with van der Waals surface area (Å²) in [4.78, 5) is 33.3. The number of nitrogens with zero attached hydrogens (tertiary/aromatic N) is 3. The Morgan fingerprint density at radius 1 is 1.19 bits per heavy atom. The summed E-state index contributed by atoms with van der Waals surface area (Å²) in [7, 11) is 0. The number of amides is 1. The number of carbonyl (C=O) groups excluding carboxylic acids is 2. The number of rotatable bonds is 3. The summed E-state index contributed by atoms with van der Waals surface area (Å²) in [6, 6.07) is 8.46. The van der Waals surface area contributed by atoms with E-state index in [2.05, 4.69) is 9.97 Å². The second-order valence-corrected chi connectivity index (χ2v) is 5.07. The highest BCUT2D eigenvalue weighted by Crippen LogP contribution is 2.22. The van der Waals surface area contributed by atoms with Gasteiger partial charge in [0.2, 0.25) is 17.0 Å². The first-order chi connectivity index (χ1) is 10.1. The number of hydrogen-bond donors (Lipinski definition) is 0. The minimum atomic E-state index is -0.224. The van der Waals surface area contributed by atoms with Crippen molar-refractivity contribution in [3.8, 4) is 0 Å². The second-order valence-electron chi connectivity index (χ2n) is 4.74. The molecule has 0 saturated carbocycles. The van der Waals surface area contributed by atoms with E-state index in [1.807, 2.05) is 0 Å². The normalized spacial score (nSPS) is 14.5. The summed E-state index contributed by atoms with van der Waals surface area (Å²) in [5.41, 5.74) is 1.56. The molecule has 6 heteroatoms. The van der Waals surface area contributed by atoms with Crippen molar-refractivity contribution < 1.29 is 9.59 Å². The van der Waals surface area contributed by atoms with Crippen LogP contribution in [0.5, 0.6) is 0 Å². The Morgan fingerprint density at radius 3 is 2.57 bits per heavy atom. The summed E-state index contributed by atoms with van der Waals surface area (Å²) in [5, 5.41) is 0.0418. The number of benzene rings is 1. The lowest BCUT2D eigenvalue weighted by atomic mass is 10.1. The van der Waals surface area contributed by atoms with Crippen molar-refractivity contribution in [1.82, 2.24) is 9.97 Å². The van der Waals surface area contributed by atoms with E-state index >= 15 is 0 Å². The van der Waals surface area contributed by atoms with Crippen molar-refractivity contribution in [1.29, 1.82) is 0 Å². The Labute approximate surface area is 126 Å². The molecular weight excluding hydrogens is 290 g/mol. The van der Waals surface area contributed by atoms with Gasteiger partial charge in [0.05, 0.1) is 0 Å². The molecule has 1 aromatic heterocycles. The molecule has 0 bridgehead atoms. The maximum Gasteiger partial charge on any atom is 0.227 e. The highest BCUT2D eigenvalue weighted by atomic mass is 35.5. The predicted molar refractivity (Wildman–Crippen MR) is 78.5 cm³/mol. The molecule has 3 rings (SSSR count). The van der Waals surface area contributed by atoms with E-state index in [-0.39, 0.29) is 22.7 Å². The second kappa shape index (κ2) is 5.61. The lowest BCUT2D eigenvalue weighted by Gasteiger charge is -2.15. The zero-order valence-electron chi connectivity index (χ0n) is 11.1. The van der Waals surface area contributed by atoms with Crippen molar-refractivity contribution in [2.24, 2.45) is 0 Å². The van der Waals surface area contributed by atoms with Crippen LogP contribution in [0.4, 0.5) is 5.69 Å². The van der Waals surface area contributed by atoms with Gasteiger partial charge in [0.15, 0.2) is 0 Å². The van der Waals surface area contributed by atoms with E-state index in [0.717, 1.165) is 18.7 Å². The third-order valence-electron chi connectivity index (χ3n) is 3.37. The van der Waals surface area contributed by atoms with Crippen molar-refractivity contribution in [2.75, 3.05) is 11.4 Å². The quantitative estimate of drug-likeness (QED) is 0.645. The van der Waals surface area contributed by atoms with Crippen molar-refractivity contribution >= 4 is 29.0 Å². The van der Waals surface area contributed by atoms with Crippen LogP contribution in [0.15, 0.2) is 36.5 Å². The van der Waals surface area contributed by atoms with E-state index in [0.29, 0.717) is 12.0 Å². The van der Waals surface area contributed by atoms with Crippen LogP contribution in [-0.2, 0) is 4.79 Å². The summed E-state index contributed by atoms with van der Waals surface area (Å²) < 4.78 is 0. The minimum absolute atomic E-state index is 0.0418. The van der Waals surface area contributed by atoms with Gasteiger partial charge in [0, 0.05) is 30.4 Å². The fraction of sp³-hybridized carbons (Fsp3) is 0.200. The van der Waals surface area contributed by atoms with Gasteiger partial charge in [-0.2, -0.15) is 0 Å². The molecule has 0 N–H and O–H groups in total. The topological polar surface area (TPSA) is 63.2 Å². The lowest BCUT2D eigenvalue weighted by molar-refractivity contribution is -0.117. The molecule has 5 nitrogen and oxygen atoms in total. The standard InChI is InChI=1S/C15H12ClN3O2/c16-15-17-8-7-12(18-15)14(21)10-3-5-11(6-4-10)19-9-1-2-13(19)20/h3-8H,1-2,9H2. The van der Waals surface area contributed by atoms with Gasteiger partial charge in [-0.05, 0) is 48.4 Å². The molecule has 1 aliphatic rings. The Morgan fingerprint density at radius 2 is 1.95 bits per heavy atom. The molecule has 2 aromatic rings. The van der Waals surface area contributed by atoms with Gasteiger partial charge >= 0.3 is 0 Å². The molecular formula is C15H12ClN3O2. The highest BCUT2D eigenvalue weighted by Gasteiger charge is 2.21. The summed E-state index contributed by atoms with van der Waals surface area (Å²) in [5.74, 6) is -0.102. The Balaban J connectivity index is 1.84. The smallest absolute Gasteiger partial charge is 0.227 e. The number of carbonyl (C=O) groups is 2. The molecule has 0 spiro atoms. The average Bonchev–Trinajstić information content (AvgIpc) is 2.93. The van der Waals surface area contributed by atoms with Gasteiger partial charge in [0.25, 0.3) is 0 Å². The van der Waals surface area contributed by atoms with E-state index in [4.69, 9.17) is 11.6 Å². The number of anilines is 1. The van der Waals surface area contributed by atoms with Gasteiger partial charge in [-0.25, -0.2) is 9.97 Å². The van der Waals surface area contributed by atoms with E-state index in [9.17, 15) is 9.59 Å². The summed E-state index contributed by atoms with van der Waals surface area (Å²) in [6.45, 7) is 0.730. The van der Waals surface area contributed by atoms with Crippen LogP contribution < -0.4 is 4.90 Å². The van der Waals surface area contributed by atoms with Crippen LogP contribution in [0.25, 0.3) is 0 Å². The molecule has 1 fully saturated rings. The van der Waals surface area contributed by atoms with E-state index < -0.39 is 0 Å². The fourth-order valence-electron chi connectivity index (χ4n) is 2.32. The van der Waals surface area contributed by atoms with Crippen LogP contribution in [0, 0.1) is 0 Å². The van der Waals surface area contributed by atoms with Crippen LogP contribution in [0.2, 0.25) is 5.28 Å². The van der Waals surface area contributed by atoms with Crippen LogP contribution in [-0.4, -0.2) is 28.2 Å². The van der Waals surface area contributed by atoms with Crippen LogP contribution >= 0.6 is 11.6 Å². The monoisotopic (exact) mass is 301 g/mol. The van der Waals surface area contributed by atoms with Gasteiger partial charge in [0.1, 0.15) is 5.69 Å². The zero-order valence-corrected chi connectivity index (χ0v) is 11.9. The van der Waals surface area contributed by atoms with Crippen LogP contribution in [0.1, 0.15) is 28.9 Å². The van der Waals surface area contributed by atoms with Crippen molar-refractivity contribution in [2.45, 2.75) is 12.8 Å². The number of halogens is 1. The van der Waals surface area contributed by atoms with Gasteiger partial charge < -0.3 is 4.90 Å². The predicted octanol–water partition coefficient (Wildman–Crippen LogP) is 2.49. The average molecular weight is 302 g/mol. The molecule has 1 saturated heterocycles. The highest BCUT2D eigenvalue weighted by molar-refractivity contribution is 6.28. The first-order valence-electron chi connectivity index (χ1n) is 6.59. The van der Waals surface area contributed by atoms with E-state index in [1.165, 1.54) is 12.3 Å². The lowest BCUT2D eigenvalue weighted by Crippen LogP contribution is -2.23. The first kappa shape index (κ1) is 13.7. The van der Waals surface area contributed by atoms with Gasteiger partial charge in [-0.3, -0.25) is 9.59 Å². The molecule has 1 aliphatic heterocycles. The molecule has 0 radical (unpaired) electrons. The molecule has 106 valence electrons. The maximum absolute atomic E-state index is 12.3. The Hall–Kier alpha value is -2.27. The maximum atomic E-state index is 12.3. The van der Waals surface area contributed by atoms with E-state index in [1.54, 1.807) is 29.2 Å². The minimum Gasteiger partial charge on any atom is -0.312 e. The summed E-state index contributed by atoms with van der Waals surface area (Å²) >= 11 is 5.69. The van der Waals surface area contributed by atoms with Crippen molar-refractivity contribution in [3.05, 3.63) is 53.1 Å². The molecule has 0 unspecified atom stereocenters. The Kier molecular flexibility index (Phi) is 3.66. The number of ketones is 1. The Bertz CT molecular complexity index is 700. The molecule has 1 amide bonds. The largest absolute Gasteiger partial charge is 0.312 e. The molecule has 0 aliphatic carbocycles. The molecule has 1 aromatic carbocycles. The molecule has 2 heterocycles.